The van der Waals surface area contributed by atoms with E-state index in [0.29, 0.717) is 30.9 Å². The van der Waals surface area contributed by atoms with E-state index in [4.69, 9.17) is 4.74 Å². The third-order valence-electron chi connectivity index (χ3n) is 6.44. The Morgan fingerprint density at radius 1 is 0.923 bits per heavy atom. The van der Waals surface area contributed by atoms with E-state index in [1.54, 1.807) is 36.4 Å². The highest BCUT2D eigenvalue weighted by Crippen LogP contribution is 2.26. The van der Waals surface area contributed by atoms with Crippen molar-refractivity contribution in [2.24, 2.45) is 0 Å². The normalized spacial score (nSPS) is 11.9. The Balaban J connectivity index is 1.99. The van der Waals surface area contributed by atoms with Gasteiger partial charge >= 0.3 is 0 Å². The van der Waals surface area contributed by atoms with Crippen LogP contribution in [0.5, 0.6) is 5.75 Å². The van der Waals surface area contributed by atoms with Gasteiger partial charge in [-0.3, -0.25) is 13.9 Å². The number of ether oxygens (including phenoxy) is 1. The van der Waals surface area contributed by atoms with Crippen molar-refractivity contribution in [3.8, 4) is 5.75 Å². The number of hydrogen-bond donors (Lipinski definition) is 1. The van der Waals surface area contributed by atoms with Crippen molar-refractivity contribution in [1.82, 2.24) is 10.2 Å². The molecule has 0 spiro atoms. The van der Waals surface area contributed by atoms with Crippen LogP contribution in [0.25, 0.3) is 0 Å². The van der Waals surface area contributed by atoms with Crippen molar-refractivity contribution in [3.63, 3.8) is 0 Å². The van der Waals surface area contributed by atoms with Crippen LogP contribution in [0.3, 0.4) is 0 Å². The number of carbonyl (C=O) groups excluding carboxylic acids is 2. The summed E-state index contributed by atoms with van der Waals surface area (Å²) in [4.78, 5) is 28.1. The first-order valence-corrected chi connectivity index (χ1v) is 14.5. The maximum Gasteiger partial charge on any atom is 0.264 e. The molecule has 3 aromatic carbocycles. The molecule has 0 saturated carbocycles. The molecule has 8 nitrogen and oxygen atoms in total. The lowest BCUT2D eigenvalue weighted by molar-refractivity contribution is -0.139. The molecule has 0 aliphatic carbocycles. The van der Waals surface area contributed by atoms with E-state index in [9.17, 15) is 18.0 Å². The molecular formula is C30H37N3O5S. The van der Waals surface area contributed by atoms with Gasteiger partial charge in [0, 0.05) is 13.6 Å². The summed E-state index contributed by atoms with van der Waals surface area (Å²) in [5.74, 6) is -0.204. The van der Waals surface area contributed by atoms with Crippen molar-refractivity contribution in [2.45, 2.75) is 44.6 Å². The molecule has 208 valence electrons. The summed E-state index contributed by atoms with van der Waals surface area (Å²) in [5.41, 5.74) is 2.33. The second-order valence-electron chi connectivity index (χ2n) is 9.11. The summed E-state index contributed by atoms with van der Waals surface area (Å²) >= 11 is 0. The Hall–Kier alpha value is -3.85. The van der Waals surface area contributed by atoms with Crippen LogP contribution in [0.15, 0.2) is 83.8 Å². The number of anilines is 1. The van der Waals surface area contributed by atoms with Crippen LogP contribution < -0.4 is 14.4 Å². The molecule has 0 unspecified atom stereocenters. The first-order chi connectivity index (χ1) is 18.7. The van der Waals surface area contributed by atoms with Gasteiger partial charge in [0.1, 0.15) is 18.3 Å². The van der Waals surface area contributed by atoms with E-state index in [-0.39, 0.29) is 17.3 Å². The van der Waals surface area contributed by atoms with Crippen molar-refractivity contribution >= 4 is 27.5 Å². The van der Waals surface area contributed by atoms with Crippen molar-refractivity contribution in [3.05, 3.63) is 90.0 Å². The summed E-state index contributed by atoms with van der Waals surface area (Å²) < 4.78 is 34.3. The van der Waals surface area contributed by atoms with Crippen LogP contribution >= 0.6 is 0 Å². The largest absolute Gasteiger partial charge is 0.494 e. The molecule has 1 N–H and O–H groups in total. The molecule has 3 aromatic rings. The van der Waals surface area contributed by atoms with Crippen LogP contribution in [0, 0.1) is 6.92 Å². The van der Waals surface area contributed by atoms with Gasteiger partial charge in [0.25, 0.3) is 10.0 Å². The molecule has 39 heavy (non-hydrogen) atoms. The lowest BCUT2D eigenvalue weighted by Crippen LogP contribution is -2.52. The van der Waals surface area contributed by atoms with Gasteiger partial charge in [-0.2, -0.15) is 0 Å². The summed E-state index contributed by atoms with van der Waals surface area (Å²) in [6.45, 7) is 5.85. The molecular weight excluding hydrogens is 514 g/mol. The number of likely N-dealkylation sites (N-methyl/N-ethyl adjacent to an activating group) is 1. The van der Waals surface area contributed by atoms with Crippen LogP contribution in [-0.2, 0) is 26.0 Å². The maximum absolute atomic E-state index is 13.9. The molecule has 1 atom stereocenters. The third kappa shape index (κ3) is 7.60. The van der Waals surface area contributed by atoms with Crippen LogP contribution in [-0.4, -0.2) is 57.9 Å². The fourth-order valence-electron chi connectivity index (χ4n) is 4.30. The maximum atomic E-state index is 13.9. The zero-order chi connectivity index (χ0) is 28.4. The zero-order valence-corrected chi connectivity index (χ0v) is 23.8. The van der Waals surface area contributed by atoms with Crippen molar-refractivity contribution < 1.29 is 22.7 Å². The van der Waals surface area contributed by atoms with E-state index >= 15 is 0 Å². The number of benzene rings is 3. The van der Waals surface area contributed by atoms with Gasteiger partial charge in [-0.05, 0) is 68.7 Å². The van der Waals surface area contributed by atoms with Gasteiger partial charge < -0.3 is 15.0 Å². The average molecular weight is 552 g/mol. The molecule has 0 aliphatic rings. The minimum absolute atomic E-state index is 0.0357. The summed E-state index contributed by atoms with van der Waals surface area (Å²) in [6, 6.07) is 22.0. The second-order valence-corrected chi connectivity index (χ2v) is 11.0. The highest BCUT2D eigenvalue weighted by molar-refractivity contribution is 7.92. The second kappa shape index (κ2) is 13.8. The quantitative estimate of drug-likeness (QED) is 0.344. The van der Waals surface area contributed by atoms with E-state index in [1.807, 2.05) is 51.1 Å². The number of hydrogen-bond acceptors (Lipinski definition) is 5. The number of carbonyl (C=O) groups is 2. The van der Waals surface area contributed by atoms with Crippen molar-refractivity contribution in [2.75, 3.05) is 31.0 Å². The molecule has 0 aliphatic heterocycles. The van der Waals surface area contributed by atoms with E-state index < -0.39 is 28.5 Å². The molecule has 2 amide bonds. The predicted molar refractivity (Wildman–Crippen MR) is 153 cm³/mol. The van der Waals surface area contributed by atoms with Gasteiger partial charge in [0.05, 0.1) is 17.2 Å². The highest BCUT2D eigenvalue weighted by atomic mass is 32.2. The van der Waals surface area contributed by atoms with Gasteiger partial charge in [0.15, 0.2) is 0 Å². The molecule has 9 heteroatoms. The van der Waals surface area contributed by atoms with Crippen LogP contribution in [0.4, 0.5) is 5.69 Å². The summed E-state index contributed by atoms with van der Waals surface area (Å²) in [7, 11) is -2.60. The van der Waals surface area contributed by atoms with E-state index in [0.717, 1.165) is 15.4 Å². The average Bonchev–Trinajstić information content (AvgIpc) is 2.95. The highest BCUT2D eigenvalue weighted by Gasteiger charge is 2.33. The first kappa shape index (κ1) is 29.7. The van der Waals surface area contributed by atoms with Crippen LogP contribution in [0.1, 0.15) is 31.4 Å². The van der Waals surface area contributed by atoms with Gasteiger partial charge in [0.2, 0.25) is 11.8 Å². The Kier molecular flexibility index (Phi) is 10.5. The standard InChI is InChI=1S/C30H37N3O5S/c1-5-28(30(35)31-4)32(21-20-24-10-8-7-9-11-24)29(34)22-33(25-14-12-23(3)13-15-25)39(36,37)27-18-16-26(17-19-27)38-6-2/h7-19,28H,5-6,20-22H2,1-4H3,(H,31,35)/t28-/m0/s1. The van der Waals surface area contributed by atoms with E-state index in [2.05, 4.69) is 5.32 Å². The smallest absolute Gasteiger partial charge is 0.264 e. The van der Waals surface area contributed by atoms with Crippen LogP contribution in [0.2, 0.25) is 0 Å². The lowest BCUT2D eigenvalue weighted by Gasteiger charge is -2.33. The predicted octanol–water partition coefficient (Wildman–Crippen LogP) is 4.18. The number of nitrogens with one attached hydrogen (secondary N) is 1. The topological polar surface area (TPSA) is 96.0 Å². The molecule has 0 radical (unpaired) electrons. The molecule has 0 fully saturated rings. The lowest BCUT2D eigenvalue weighted by atomic mass is 10.1. The minimum Gasteiger partial charge on any atom is -0.494 e. The third-order valence-corrected chi connectivity index (χ3v) is 8.23. The molecule has 3 rings (SSSR count). The Labute approximate surface area is 231 Å². The van der Waals surface area contributed by atoms with Crippen molar-refractivity contribution in [1.29, 1.82) is 0 Å². The zero-order valence-electron chi connectivity index (χ0n) is 23.0. The SMILES string of the molecule is CCOc1ccc(S(=O)(=O)N(CC(=O)N(CCc2ccccc2)[C@@H](CC)C(=O)NC)c2ccc(C)cc2)cc1. The fourth-order valence-corrected chi connectivity index (χ4v) is 5.72. The Bertz CT molecular complexity index is 1330. The summed E-state index contributed by atoms with van der Waals surface area (Å²) in [6.07, 6.45) is 0.909. The Morgan fingerprint density at radius 2 is 1.56 bits per heavy atom. The number of sulfonamides is 1. The molecule has 0 heterocycles. The molecule has 0 aromatic heterocycles. The number of rotatable bonds is 13. The first-order valence-electron chi connectivity index (χ1n) is 13.1. The van der Waals surface area contributed by atoms with Gasteiger partial charge in [-0.15, -0.1) is 0 Å². The van der Waals surface area contributed by atoms with Gasteiger partial charge in [-0.25, -0.2) is 8.42 Å². The monoisotopic (exact) mass is 551 g/mol. The number of amides is 2. The van der Waals surface area contributed by atoms with E-state index in [1.165, 1.54) is 24.1 Å². The summed E-state index contributed by atoms with van der Waals surface area (Å²) in [5, 5.41) is 2.64. The number of aryl methyl sites for hydroxylation is 1. The van der Waals surface area contributed by atoms with Gasteiger partial charge in [-0.1, -0.05) is 55.0 Å². The Morgan fingerprint density at radius 3 is 2.13 bits per heavy atom. The fraction of sp³-hybridized carbons (Fsp3) is 0.333. The minimum atomic E-state index is -4.12. The number of nitrogens with zero attached hydrogens (tertiary/aromatic N) is 2. The molecule has 0 bridgehead atoms. The molecule has 0 saturated heterocycles.